The first-order valence-corrected chi connectivity index (χ1v) is 9.53. The van der Waals surface area contributed by atoms with Gasteiger partial charge in [0.15, 0.2) is 6.73 Å². The van der Waals surface area contributed by atoms with E-state index in [0.29, 0.717) is 12.2 Å². The van der Waals surface area contributed by atoms with Crippen LogP contribution >= 0.6 is 0 Å². The molecule has 0 aliphatic rings. The molecule has 30 heavy (non-hydrogen) atoms. The fourth-order valence-corrected chi connectivity index (χ4v) is 2.86. The zero-order chi connectivity index (χ0) is 21.5. The number of nitrogens with zero attached hydrogens (tertiary/aromatic N) is 3. The molecule has 0 radical (unpaired) electrons. The third kappa shape index (κ3) is 6.12. The molecule has 0 spiro atoms. The molecule has 3 aromatic rings. The summed E-state index contributed by atoms with van der Waals surface area (Å²) in [5, 5.41) is 7.21. The lowest BCUT2D eigenvalue weighted by molar-refractivity contribution is 0.0925. The summed E-state index contributed by atoms with van der Waals surface area (Å²) in [6, 6.07) is 13.1. The van der Waals surface area contributed by atoms with E-state index in [1.165, 1.54) is 41.1 Å². The molecule has 1 atom stereocenters. The first-order chi connectivity index (χ1) is 14.4. The van der Waals surface area contributed by atoms with Crippen molar-refractivity contribution >= 4 is 5.91 Å². The molecule has 2 aromatic carbocycles. The number of hydrogen-bond donors (Lipinski definition) is 1. The minimum atomic E-state index is -0.342. The van der Waals surface area contributed by atoms with Gasteiger partial charge in [-0.05, 0) is 75.1 Å². The first-order valence-electron chi connectivity index (χ1n) is 9.53. The maximum atomic E-state index is 13.3. The molecule has 1 aromatic heterocycles. The molecule has 0 aliphatic heterocycles. The summed E-state index contributed by atoms with van der Waals surface area (Å²) in [5.41, 5.74) is 1.07. The number of aromatic nitrogens is 2. The predicted octanol–water partition coefficient (Wildman–Crippen LogP) is 3.62. The molecule has 158 valence electrons. The molecule has 6 nitrogen and oxygen atoms in total. The van der Waals surface area contributed by atoms with Crippen LogP contribution in [0.25, 0.3) is 0 Å². The smallest absolute Gasteiger partial charge is 0.272 e. The van der Waals surface area contributed by atoms with Gasteiger partial charge in [-0.25, -0.2) is 13.5 Å². The van der Waals surface area contributed by atoms with Crippen molar-refractivity contribution < 1.29 is 18.3 Å². The van der Waals surface area contributed by atoms with Gasteiger partial charge in [-0.3, -0.25) is 4.79 Å². The molecule has 1 heterocycles. The van der Waals surface area contributed by atoms with E-state index in [4.69, 9.17) is 4.74 Å². The Bertz CT molecular complexity index is 956. The van der Waals surface area contributed by atoms with Crippen molar-refractivity contribution in [3.8, 4) is 5.75 Å². The third-order valence-corrected chi connectivity index (χ3v) is 4.49. The molecule has 0 bridgehead atoms. The highest BCUT2D eigenvalue weighted by atomic mass is 19.1. The van der Waals surface area contributed by atoms with E-state index in [2.05, 4.69) is 10.4 Å². The van der Waals surface area contributed by atoms with E-state index in [1.54, 1.807) is 24.4 Å². The number of nitrogens with one attached hydrogen (secondary N) is 1. The van der Waals surface area contributed by atoms with Gasteiger partial charge in [0.1, 0.15) is 23.1 Å². The van der Waals surface area contributed by atoms with Crippen LogP contribution in [0.4, 0.5) is 8.78 Å². The molecule has 0 aliphatic carbocycles. The quantitative estimate of drug-likeness (QED) is 0.581. The van der Waals surface area contributed by atoms with Crippen LogP contribution in [0.2, 0.25) is 0 Å². The molecule has 1 N–H and O–H groups in total. The van der Waals surface area contributed by atoms with Gasteiger partial charge in [0.25, 0.3) is 5.91 Å². The number of carbonyl (C=O) groups is 1. The van der Waals surface area contributed by atoms with E-state index in [1.807, 2.05) is 19.0 Å². The highest BCUT2D eigenvalue weighted by Crippen LogP contribution is 2.18. The van der Waals surface area contributed by atoms with E-state index < -0.39 is 0 Å². The zero-order valence-electron chi connectivity index (χ0n) is 16.9. The second-order valence-corrected chi connectivity index (χ2v) is 7.14. The maximum absolute atomic E-state index is 13.3. The normalized spacial score (nSPS) is 12.0. The van der Waals surface area contributed by atoms with Crippen molar-refractivity contribution in [2.75, 3.05) is 20.6 Å². The largest absolute Gasteiger partial charge is 0.471 e. The van der Waals surface area contributed by atoms with Gasteiger partial charge in [0, 0.05) is 6.20 Å². The van der Waals surface area contributed by atoms with Gasteiger partial charge in [0.05, 0.1) is 6.04 Å². The van der Waals surface area contributed by atoms with Crippen molar-refractivity contribution in [1.82, 2.24) is 20.0 Å². The van der Waals surface area contributed by atoms with Crippen molar-refractivity contribution in [2.45, 2.75) is 19.2 Å². The van der Waals surface area contributed by atoms with Gasteiger partial charge >= 0.3 is 0 Å². The van der Waals surface area contributed by atoms with Crippen LogP contribution in [0.15, 0.2) is 60.8 Å². The third-order valence-electron chi connectivity index (χ3n) is 4.49. The number of hydrogen-bond acceptors (Lipinski definition) is 4. The van der Waals surface area contributed by atoms with Gasteiger partial charge in [0.2, 0.25) is 0 Å². The standard InChI is InChI=1S/C22H24F2N4O2/c1-27(2)13-11-20(16-3-5-17(23)6-4-16)25-22(29)21-12-14-28(26-21)15-30-19-9-7-18(24)8-10-19/h3-10,12,14,20H,11,13,15H2,1-2H3,(H,25,29)/t20-/m1/s1. The van der Waals surface area contributed by atoms with Crippen molar-refractivity contribution in [3.63, 3.8) is 0 Å². The molecule has 0 unspecified atom stereocenters. The van der Waals surface area contributed by atoms with E-state index >= 15 is 0 Å². The number of amides is 1. The molecule has 0 saturated heterocycles. The zero-order valence-corrected chi connectivity index (χ0v) is 16.9. The Labute approximate surface area is 174 Å². The summed E-state index contributed by atoms with van der Waals surface area (Å²) in [6.45, 7) is 0.837. The Morgan fingerprint density at radius 3 is 2.33 bits per heavy atom. The van der Waals surface area contributed by atoms with Gasteiger partial charge in [-0.15, -0.1) is 0 Å². The number of rotatable bonds is 9. The average Bonchev–Trinajstić information content (AvgIpc) is 3.20. The SMILES string of the molecule is CN(C)CC[C@@H](NC(=O)c1ccn(COc2ccc(F)cc2)n1)c1ccc(F)cc1. The topological polar surface area (TPSA) is 59.4 Å². The minimum absolute atomic E-state index is 0.0843. The summed E-state index contributed by atoms with van der Waals surface area (Å²) in [4.78, 5) is 14.7. The van der Waals surface area contributed by atoms with Crippen LogP contribution < -0.4 is 10.1 Å². The minimum Gasteiger partial charge on any atom is -0.471 e. The van der Waals surface area contributed by atoms with Crippen LogP contribution in [0, 0.1) is 11.6 Å². The van der Waals surface area contributed by atoms with E-state index in [-0.39, 0.29) is 36.0 Å². The molecular weight excluding hydrogens is 390 g/mol. The lowest BCUT2D eigenvalue weighted by Gasteiger charge is -2.21. The molecular formula is C22H24F2N4O2. The lowest BCUT2D eigenvalue weighted by Crippen LogP contribution is -2.31. The number of halogens is 2. The summed E-state index contributed by atoms with van der Waals surface area (Å²) in [7, 11) is 3.90. The Morgan fingerprint density at radius 1 is 1.07 bits per heavy atom. The van der Waals surface area contributed by atoms with Crippen LogP contribution in [-0.4, -0.2) is 41.2 Å². The average molecular weight is 414 g/mol. The summed E-state index contributed by atoms with van der Waals surface area (Å²) in [6.07, 6.45) is 2.30. The maximum Gasteiger partial charge on any atom is 0.272 e. The molecule has 0 fully saturated rings. The fraction of sp³-hybridized carbons (Fsp3) is 0.273. The Kier molecular flexibility index (Phi) is 7.13. The van der Waals surface area contributed by atoms with Gasteiger partial charge in [-0.1, -0.05) is 12.1 Å². The van der Waals surface area contributed by atoms with Crippen LogP contribution in [0.1, 0.15) is 28.5 Å². The highest BCUT2D eigenvalue weighted by molar-refractivity contribution is 5.92. The van der Waals surface area contributed by atoms with Gasteiger partial charge < -0.3 is 15.0 Å². The van der Waals surface area contributed by atoms with Crippen LogP contribution in [0.3, 0.4) is 0 Å². The fourth-order valence-electron chi connectivity index (χ4n) is 2.86. The molecule has 8 heteroatoms. The second kappa shape index (κ2) is 9.98. The highest BCUT2D eigenvalue weighted by Gasteiger charge is 2.18. The predicted molar refractivity (Wildman–Crippen MR) is 109 cm³/mol. The summed E-state index contributed by atoms with van der Waals surface area (Å²) >= 11 is 0. The number of carbonyl (C=O) groups excluding carboxylic acids is 1. The van der Waals surface area contributed by atoms with Crippen molar-refractivity contribution in [1.29, 1.82) is 0 Å². The summed E-state index contributed by atoms with van der Waals surface area (Å²) in [5.74, 6) is -0.497. The van der Waals surface area contributed by atoms with Crippen LogP contribution in [0.5, 0.6) is 5.75 Å². The van der Waals surface area contributed by atoms with E-state index in [0.717, 1.165) is 12.1 Å². The lowest BCUT2D eigenvalue weighted by atomic mass is 10.0. The van der Waals surface area contributed by atoms with E-state index in [9.17, 15) is 13.6 Å². The summed E-state index contributed by atoms with van der Waals surface area (Å²) < 4.78 is 33.2. The van der Waals surface area contributed by atoms with Crippen molar-refractivity contribution in [3.05, 3.63) is 83.7 Å². The Hall–Kier alpha value is -3.26. The van der Waals surface area contributed by atoms with Crippen LogP contribution in [-0.2, 0) is 6.73 Å². The molecule has 3 rings (SSSR count). The van der Waals surface area contributed by atoms with Gasteiger partial charge in [-0.2, -0.15) is 5.10 Å². The number of benzene rings is 2. The number of ether oxygens (including phenoxy) is 1. The Morgan fingerprint density at radius 2 is 1.70 bits per heavy atom. The second-order valence-electron chi connectivity index (χ2n) is 7.14. The Balaban J connectivity index is 1.63. The molecule has 1 amide bonds. The van der Waals surface area contributed by atoms with Crippen molar-refractivity contribution in [2.24, 2.45) is 0 Å². The first kappa shape index (κ1) is 21.4. The monoisotopic (exact) mass is 414 g/mol. The molecule has 0 saturated carbocycles.